The molecule has 1 aromatic carbocycles. The molecule has 21 heavy (non-hydrogen) atoms. The van der Waals surface area contributed by atoms with Gasteiger partial charge in [0, 0.05) is 5.69 Å². The van der Waals surface area contributed by atoms with Crippen LogP contribution in [0.5, 0.6) is 0 Å². The van der Waals surface area contributed by atoms with E-state index in [4.69, 9.17) is 16.3 Å². The summed E-state index contributed by atoms with van der Waals surface area (Å²) in [5.74, 6) is -3.61. The molecule has 2 aliphatic heterocycles. The Hall–Kier alpha value is -1.66. The summed E-state index contributed by atoms with van der Waals surface area (Å²) in [6, 6.07) is 3.81. The van der Waals surface area contributed by atoms with Gasteiger partial charge in [-0.3, -0.25) is 9.59 Å². The molecule has 2 fully saturated rings. The van der Waals surface area contributed by atoms with Crippen molar-refractivity contribution in [3.8, 4) is 0 Å². The summed E-state index contributed by atoms with van der Waals surface area (Å²) in [6.07, 6.45) is 0.567. The van der Waals surface area contributed by atoms with Gasteiger partial charge in [0.25, 0.3) is 0 Å². The Morgan fingerprint density at radius 2 is 1.95 bits per heavy atom. The fourth-order valence-corrected chi connectivity index (χ4v) is 3.30. The molecular weight excluding hydrogens is 301 g/mol. The first kappa shape index (κ1) is 14.3. The second-order valence-corrected chi connectivity index (χ2v) is 5.71. The maximum atomic E-state index is 13.1. The fraction of sp³-hybridized carbons (Fsp3) is 0.429. The maximum absolute atomic E-state index is 13.1. The molecule has 4 atom stereocenters. The lowest BCUT2D eigenvalue weighted by molar-refractivity contribution is -0.147. The van der Waals surface area contributed by atoms with Crippen molar-refractivity contribution in [1.29, 1.82) is 0 Å². The summed E-state index contributed by atoms with van der Waals surface area (Å²) in [4.78, 5) is 23.7. The second kappa shape index (κ2) is 5.27. The Morgan fingerprint density at radius 1 is 1.29 bits per heavy atom. The number of amides is 1. The Labute approximate surface area is 125 Å². The van der Waals surface area contributed by atoms with Crippen molar-refractivity contribution in [2.24, 2.45) is 11.8 Å². The molecule has 0 spiro atoms. The summed E-state index contributed by atoms with van der Waals surface area (Å²) in [5, 5.41) is 11.8. The second-order valence-electron chi connectivity index (χ2n) is 5.30. The molecule has 0 unspecified atom stereocenters. The van der Waals surface area contributed by atoms with E-state index in [1.54, 1.807) is 0 Å². The number of carbonyl (C=O) groups is 2. The molecule has 0 radical (unpaired) electrons. The topological polar surface area (TPSA) is 75.6 Å². The minimum absolute atomic E-state index is 0.105. The number of benzene rings is 1. The molecule has 2 N–H and O–H groups in total. The van der Waals surface area contributed by atoms with E-state index in [9.17, 15) is 19.1 Å². The van der Waals surface area contributed by atoms with Crippen LogP contribution in [0.15, 0.2) is 18.2 Å². The molecule has 2 bridgehead atoms. The van der Waals surface area contributed by atoms with Crippen LogP contribution in [0.2, 0.25) is 5.02 Å². The van der Waals surface area contributed by atoms with Crippen LogP contribution in [0.25, 0.3) is 0 Å². The van der Waals surface area contributed by atoms with Crippen LogP contribution in [0.1, 0.15) is 12.8 Å². The lowest BCUT2D eigenvalue weighted by Gasteiger charge is -2.23. The first-order valence-electron chi connectivity index (χ1n) is 6.61. The van der Waals surface area contributed by atoms with Crippen LogP contribution < -0.4 is 5.32 Å². The number of carboxylic acids is 1. The number of aliphatic carboxylic acids is 1. The van der Waals surface area contributed by atoms with Gasteiger partial charge in [-0.15, -0.1) is 0 Å². The summed E-state index contributed by atoms with van der Waals surface area (Å²) < 4.78 is 18.6. The highest BCUT2D eigenvalue weighted by Crippen LogP contribution is 2.44. The molecule has 0 saturated carbocycles. The Morgan fingerprint density at radius 3 is 2.57 bits per heavy atom. The minimum atomic E-state index is -1.03. The van der Waals surface area contributed by atoms with E-state index in [-0.39, 0.29) is 11.1 Å². The summed E-state index contributed by atoms with van der Waals surface area (Å²) in [5.41, 5.74) is 0.332. The van der Waals surface area contributed by atoms with Crippen molar-refractivity contribution in [2.45, 2.75) is 25.0 Å². The molecule has 2 aliphatic rings. The summed E-state index contributed by atoms with van der Waals surface area (Å²) >= 11 is 5.65. The normalized spacial score (nSPS) is 30.4. The van der Waals surface area contributed by atoms with E-state index in [0.29, 0.717) is 18.5 Å². The predicted octanol–water partition coefficient (Wildman–Crippen LogP) is 2.30. The van der Waals surface area contributed by atoms with Gasteiger partial charge in [0.15, 0.2) is 0 Å². The third kappa shape index (κ3) is 2.49. The molecule has 0 aliphatic carbocycles. The van der Waals surface area contributed by atoms with Gasteiger partial charge in [-0.2, -0.15) is 0 Å². The van der Waals surface area contributed by atoms with Gasteiger partial charge in [-0.25, -0.2) is 4.39 Å². The highest BCUT2D eigenvalue weighted by molar-refractivity contribution is 6.31. The van der Waals surface area contributed by atoms with Crippen molar-refractivity contribution in [1.82, 2.24) is 0 Å². The number of hydrogen-bond acceptors (Lipinski definition) is 3. The minimum Gasteiger partial charge on any atom is -0.481 e. The van der Waals surface area contributed by atoms with Crippen molar-refractivity contribution in [2.75, 3.05) is 5.32 Å². The van der Waals surface area contributed by atoms with E-state index >= 15 is 0 Å². The van der Waals surface area contributed by atoms with Gasteiger partial charge in [0.2, 0.25) is 5.91 Å². The quantitative estimate of drug-likeness (QED) is 0.898. The van der Waals surface area contributed by atoms with Gasteiger partial charge in [0.1, 0.15) is 5.82 Å². The van der Waals surface area contributed by atoms with Crippen molar-refractivity contribution >= 4 is 29.2 Å². The SMILES string of the molecule is O=C(Nc1ccc(F)c(Cl)c1)[C@@H]1[C@H](C(=O)O)[C@H]2CC[C@@H]1O2. The smallest absolute Gasteiger partial charge is 0.310 e. The monoisotopic (exact) mass is 313 g/mol. The molecular formula is C14H13ClFNO4. The van der Waals surface area contributed by atoms with E-state index in [0.717, 1.165) is 6.07 Å². The Kier molecular flexibility index (Phi) is 3.59. The number of anilines is 1. The number of hydrogen-bond donors (Lipinski definition) is 2. The van der Waals surface area contributed by atoms with Crippen molar-refractivity contribution in [3.63, 3.8) is 0 Å². The van der Waals surface area contributed by atoms with Crippen LogP contribution in [-0.4, -0.2) is 29.2 Å². The van der Waals surface area contributed by atoms with Crippen molar-refractivity contribution in [3.05, 3.63) is 29.0 Å². The fourth-order valence-electron chi connectivity index (χ4n) is 3.12. The highest BCUT2D eigenvalue weighted by Gasteiger charge is 2.55. The number of carboxylic acid groups (broad SMARTS) is 1. The number of fused-ring (bicyclic) bond motifs is 2. The van der Waals surface area contributed by atoms with Crippen LogP contribution >= 0.6 is 11.6 Å². The van der Waals surface area contributed by atoms with Gasteiger partial charge >= 0.3 is 5.97 Å². The molecule has 112 valence electrons. The number of halogens is 2. The molecule has 2 saturated heterocycles. The molecule has 5 nitrogen and oxygen atoms in total. The molecule has 3 rings (SSSR count). The Bertz CT molecular complexity index is 609. The first-order chi connectivity index (χ1) is 9.97. The largest absolute Gasteiger partial charge is 0.481 e. The van der Waals surface area contributed by atoms with Crippen LogP contribution in [-0.2, 0) is 14.3 Å². The van der Waals surface area contributed by atoms with Gasteiger partial charge in [-0.05, 0) is 31.0 Å². The first-order valence-corrected chi connectivity index (χ1v) is 6.99. The number of rotatable bonds is 3. The van der Waals surface area contributed by atoms with Gasteiger partial charge < -0.3 is 15.2 Å². The van der Waals surface area contributed by atoms with E-state index in [1.807, 2.05) is 0 Å². The standard InChI is InChI=1S/C14H13ClFNO4/c15-7-5-6(1-2-8(7)16)17-13(18)11-9-3-4-10(21-9)12(11)14(19)20/h1-2,5,9-12H,3-4H2,(H,17,18)(H,19,20)/t9-,10+,11-,12+/m0/s1. The van der Waals surface area contributed by atoms with Crippen LogP contribution in [0, 0.1) is 17.7 Å². The lowest BCUT2D eigenvalue weighted by Crippen LogP contribution is -2.40. The average Bonchev–Trinajstić information content (AvgIpc) is 3.03. The van der Waals surface area contributed by atoms with Gasteiger partial charge in [0.05, 0.1) is 29.1 Å². The molecule has 0 aromatic heterocycles. The zero-order valence-corrected chi connectivity index (χ0v) is 11.6. The van der Waals surface area contributed by atoms with Crippen LogP contribution in [0.3, 0.4) is 0 Å². The zero-order chi connectivity index (χ0) is 15.1. The van der Waals surface area contributed by atoms with E-state index in [2.05, 4.69) is 5.32 Å². The summed E-state index contributed by atoms with van der Waals surface area (Å²) in [6.45, 7) is 0. The Balaban J connectivity index is 1.78. The van der Waals surface area contributed by atoms with E-state index < -0.39 is 35.6 Å². The van der Waals surface area contributed by atoms with E-state index in [1.165, 1.54) is 12.1 Å². The van der Waals surface area contributed by atoms with Crippen molar-refractivity contribution < 1.29 is 23.8 Å². The number of nitrogens with one attached hydrogen (secondary N) is 1. The lowest BCUT2D eigenvalue weighted by atomic mass is 9.78. The number of carbonyl (C=O) groups excluding carboxylic acids is 1. The number of ether oxygens (including phenoxy) is 1. The molecule has 1 amide bonds. The molecule has 7 heteroatoms. The third-order valence-corrected chi connectivity index (χ3v) is 4.34. The highest BCUT2D eigenvalue weighted by atomic mass is 35.5. The molecule has 2 heterocycles. The van der Waals surface area contributed by atoms with Gasteiger partial charge in [-0.1, -0.05) is 11.6 Å². The predicted molar refractivity (Wildman–Crippen MR) is 72.6 cm³/mol. The zero-order valence-electron chi connectivity index (χ0n) is 10.9. The average molecular weight is 314 g/mol. The molecule has 1 aromatic rings. The van der Waals surface area contributed by atoms with Crippen LogP contribution in [0.4, 0.5) is 10.1 Å². The summed E-state index contributed by atoms with van der Waals surface area (Å²) in [7, 11) is 0. The third-order valence-electron chi connectivity index (χ3n) is 4.05. The maximum Gasteiger partial charge on any atom is 0.310 e.